The van der Waals surface area contributed by atoms with E-state index in [1.54, 1.807) is 0 Å². The van der Waals surface area contributed by atoms with Crippen molar-refractivity contribution >= 4 is 40.7 Å². The van der Waals surface area contributed by atoms with Crippen molar-refractivity contribution < 1.29 is 4.74 Å². The zero-order valence-corrected chi connectivity index (χ0v) is 13.3. The van der Waals surface area contributed by atoms with E-state index in [1.807, 2.05) is 0 Å². The minimum Gasteiger partial charge on any atom is -0.374 e. The Hall–Kier alpha value is 0.160. The highest BCUT2D eigenvalue weighted by Gasteiger charge is 2.18. The molecule has 2 rings (SSSR count). The van der Waals surface area contributed by atoms with Crippen LogP contribution >= 0.6 is 40.7 Å². The molecule has 1 heterocycles. The molecule has 1 aliphatic heterocycles. The summed E-state index contributed by atoms with van der Waals surface area (Å²) in [6.45, 7) is 4.31. The number of rotatable bonds is 3. The van der Waals surface area contributed by atoms with Crippen LogP contribution in [0.15, 0.2) is 28.7 Å². The van der Waals surface area contributed by atoms with E-state index in [9.17, 15) is 0 Å². The van der Waals surface area contributed by atoms with Crippen LogP contribution < -0.4 is 5.73 Å². The Labute approximate surface area is 129 Å². The minimum atomic E-state index is 0. The topological polar surface area (TPSA) is 38.5 Å². The van der Waals surface area contributed by atoms with E-state index in [1.165, 1.54) is 5.56 Å². The average molecular weight is 358 g/mol. The van der Waals surface area contributed by atoms with Crippen molar-refractivity contribution in [1.82, 2.24) is 4.90 Å². The van der Waals surface area contributed by atoms with Crippen molar-refractivity contribution in [3.05, 3.63) is 34.3 Å². The number of morpholine rings is 1. The molecule has 0 spiro atoms. The molecular weight excluding hydrogens is 339 g/mol. The van der Waals surface area contributed by atoms with E-state index in [4.69, 9.17) is 10.5 Å². The summed E-state index contributed by atoms with van der Waals surface area (Å²) in [6, 6.07) is 8.46. The molecule has 0 aliphatic carbocycles. The molecular formula is C12H19BrCl2N2O. The van der Waals surface area contributed by atoms with E-state index >= 15 is 0 Å². The number of ether oxygens (including phenoxy) is 1. The second-order valence-corrected chi connectivity index (χ2v) is 5.01. The zero-order chi connectivity index (χ0) is 11.4. The Morgan fingerprint density at radius 1 is 1.28 bits per heavy atom. The van der Waals surface area contributed by atoms with Gasteiger partial charge in [0.2, 0.25) is 0 Å². The third-order valence-electron chi connectivity index (χ3n) is 2.81. The molecule has 1 saturated heterocycles. The predicted octanol–water partition coefficient (Wildman–Crippen LogP) is 2.45. The summed E-state index contributed by atoms with van der Waals surface area (Å²) >= 11 is 3.44. The van der Waals surface area contributed by atoms with Crippen LogP contribution in [0.4, 0.5) is 0 Å². The van der Waals surface area contributed by atoms with E-state index in [0.29, 0.717) is 6.54 Å². The fourth-order valence-electron chi connectivity index (χ4n) is 1.91. The quantitative estimate of drug-likeness (QED) is 0.902. The lowest BCUT2D eigenvalue weighted by Gasteiger charge is -2.32. The molecule has 1 unspecified atom stereocenters. The van der Waals surface area contributed by atoms with Gasteiger partial charge in [-0.05, 0) is 17.7 Å². The molecule has 0 bridgehead atoms. The van der Waals surface area contributed by atoms with Crippen molar-refractivity contribution in [2.45, 2.75) is 12.6 Å². The largest absolute Gasteiger partial charge is 0.374 e. The molecule has 6 heteroatoms. The number of nitrogens with zero attached hydrogens (tertiary/aromatic N) is 1. The van der Waals surface area contributed by atoms with Crippen LogP contribution in [0.5, 0.6) is 0 Å². The van der Waals surface area contributed by atoms with Crippen molar-refractivity contribution in [1.29, 1.82) is 0 Å². The fraction of sp³-hybridized carbons (Fsp3) is 0.500. The van der Waals surface area contributed by atoms with Crippen molar-refractivity contribution in [2.75, 3.05) is 26.2 Å². The molecule has 0 radical (unpaired) electrons. The van der Waals surface area contributed by atoms with Gasteiger partial charge < -0.3 is 10.5 Å². The van der Waals surface area contributed by atoms with E-state index in [0.717, 1.165) is 30.7 Å². The van der Waals surface area contributed by atoms with Gasteiger partial charge in [0.25, 0.3) is 0 Å². The standard InChI is InChI=1S/C12H17BrN2O.2ClH/c13-11-3-1-10(2-4-11)8-15-5-6-16-12(7-14)9-15;;/h1-4,12H,5-9,14H2;2*1H. The maximum atomic E-state index is 5.62. The molecule has 2 N–H and O–H groups in total. The van der Waals surface area contributed by atoms with Gasteiger partial charge in [-0.1, -0.05) is 28.1 Å². The Morgan fingerprint density at radius 2 is 1.94 bits per heavy atom. The van der Waals surface area contributed by atoms with E-state index < -0.39 is 0 Å². The summed E-state index contributed by atoms with van der Waals surface area (Å²) < 4.78 is 6.66. The summed E-state index contributed by atoms with van der Waals surface area (Å²) in [5.74, 6) is 0. The molecule has 0 aromatic heterocycles. The van der Waals surface area contributed by atoms with Gasteiger partial charge in [0.05, 0.1) is 12.7 Å². The van der Waals surface area contributed by atoms with Gasteiger partial charge in [-0.2, -0.15) is 0 Å². The summed E-state index contributed by atoms with van der Waals surface area (Å²) in [6.07, 6.45) is 0.198. The van der Waals surface area contributed by atoms with Gasteiger partial charge in [-0.15, -0.1) is 24.8 Å². The molecule has 3 nitrogen and oxygen atoms in total. The van der Waals surface area contributed by atoms with Crippen LogP contribution in [0.1, 0.15) is 5.56 Å². The molecule has 18 heavy (non-hydrogen) atoms. The lowest BCUT2D eigenvalue weighted by Crippen LogP contribution is -2.45. The second-order valence-electron chi connectivity index (χ2n) is 4.09. The number of nitrogens with two attached hydrogens (primary N) is 1. The van der Waals surface area contributed by atoms with Crippen LogP contribution in [0.25, 0.3) is 0 Å². The number of halogens is 3. The summed E-state index contributed by atoms with van der Waals surface area (Å²) in [5, 5.41) is 0. The monoisotopic (exact) mass is 356 g/mol. The molecule has 1 atom stereocenters. The third kappa shape index (κ3) is 5.43. The molecule has 0 amide bonds. The first kappa shape index (κ1) is 18.2. The molecule has 1 fully saturated rings. The molecule has 1 aromatic rings. The Morgan fingerprint density at radius 3 is 2.56 bits per heavy atom. The third-order valence-corrected chi connectivity index (χ3v) is 3.33. The van der Waals surface area contributed by atoms with Crippen LogP contribution in [0, 0.1) is 0 Å². The van der Waals surface area contributed by atoms with Crippen LogP contribution in [-0.4, -0.2) is 37.2 Å². The fourth-order valence-corrected chi connectivity index (χ4v) is 2.18. The highest BCUT2D eigenvalue weighted by Crippen LogP contribution is 2.14. The number of benzene rings is 1. The Balaban J connectivity index is 0.00000144. The van der Waals surface area contributed by atoms with E-state index in [-0.39, 0.29) is 30.9 Å². The second kappa shape index (κ2) is 9.13. The van der Waals surface area contributed by atoms with Crippen molar-refractivity contribution in [3.63, 3.8) is 0 Å². The minimum absolute atomic E-state index is 0. The van der Waals surface area contributed by atoms with Gasteiger partial charge in [-0.25, -0.2) is 0 Å². The van der Waals surface area contributed by atoms with Crippen molar-refractivity contribution in [2.24, 2.45) is 5.73 Å². The maximum Gasteiger partial charge on any atom is 0.0824 e. The normalized spacial score (nSPS) is 19.8. The van der Waals surface area contributed by atoms with Gasteiger partial charge in [0, 0.05) is 30.7 Å². The maximum absolute atomic E-state index is 5.62. The first-order valence-corrected chi connectivity index (χ1v) is 6.35. The average Bonchev–Trinajstić information content (AvgIpc) is 2.32. The Bertz CT molecular complexity index is 337. The SMILES string of the molecule is Cl.Cl.NCC1CN(Cc2ccc(Br)cc2)CCO1. The van der Waals surface area contributed by atoms with Gasteiger partial charge in [0.1, 0.15) is 0 Å². The van der Waals surface area contributed by atoms with Gasteiger partial charge in [0.15, 0.2) is 0 Å². The summed E-state index contributed by atoms with van der Waals surface area (Å²) in [4.78, 5) is 2.39. The highest BCUT2D eigenvalue weighted by atomic mass is 79.9. The molecule has 0 saturated carbocycles. The van der Waals surface area contributed by atoms with Crippen LogP contribution in [0.3, 0.4) is 0 Å². The Kier molecular flexibility index (Phi) is 9.21. The van der Waals surface area contributed by atoms with Gasteiger partial charge >= 0.3 is 0 Å². The van der Waals surface area contributed by atoms with Gasteiger partial charge in [-0.3, -0.25) is 4.90 Å². The number of hydrogen-bond acceptors (Lipinski definition) is 3. The number of hydrogen-bond donors (Lipinski definition) is 1. The smallest absolute Gasteiger partial charge is 0.0824 e. The lowest BCUT2D eigenvalue weighted by atomic mass is 10.2. The van der Waals surface area contributed by atoms with Crippen LogP contribution in [0.2, 0.25) is 0 Å². The first-order valence-electron chi connectivity index (χ1n) is 5.56. The zero-order valence-electron chi connectivity index (χ0n) is 10.0. The van der Waals surface area contributed by atoms with Crippen molar-refractivity contribution in [3.8, 4) is 0 Å². The first-order chi connectivity index (χ1) is 7.78. The van der Waals surface area contributed by atoms with E-state index in [2.05, 4.69) is 45.1 Å². The lowest BCUT2D eigenvalue weighted by molar-refractivity contribution is -0.0260. The summed E-state index contributed by atoms with van der Waals surface area (Å²) in [5.41, 5.74) is 6.95. The summed E-state index contributed by atoms with van der Waals surface area (Å²) in [7, 11) is 0. The highest BCUT2D eigenvalue weighted by molar-refractivity contribution is 9.10. The molecule has 1 aromatic carbocycles. The molecule has 1 aliphatic rings. The molecule has 104 valence electrons. The van der Waals surface area contributed by atoms with Crippen LogP contribution in [-0.2, 0) is 11.3 Å². The predicted molar refractivity (Wildman–Crippen MR) is 82.7 cm³/mol.